The first-order valence-electron chi connectivity index (χ1n) is 9.08. The highest BCUT2D eigenvalue weighted by molar-refractivity contribution is 5.84. The van der Waals surface area contributed by atoms with Crippen molar-refractivity contribution in [3.8, 4) is 0 Å². The van der Waals surface area contributed by atoms with Gasteiger partial charge in [-0.15, -0.1) is 0 Å². The number of hydrogen-bond acceptors (Lipinski definition) is 3. The topological polar surface area (TPSA) is 83.3 Å². The van der Waals surface area contributed by atoms with Gasteiger partial charge in [0, 0.05) is 38.6 Å². The number of carbonyl (C=O) groups excluding carboxylic acids is 1. The molecule has 0 unspecified atom stereocenters. The van der Waals surface area contributed by atoms with E-state index in [1.165, 1.54) is 5.56 Å². The summed E-state index contributed by atoms with van der Waals surface area (Å²) >= 11 is 0. The second kappa shape index (κ2) is 11.7. The first-order chi connectivity index (χ1) is 12.8. The zero-order valence-electron chi connectivity index (χ0n) is 15.3. The number of guanidine groups is 1. The standard InChI is InChI=1S/C19H28N6O/c1-2-20-19(22-11-6-14-25-15-7-12-24-25)23-16-18(26)21-13-10-17-8-4-3-5-9-17/h3-5,7-9,12,15H,2,6,10-11,13-14,16H2,1H3,(H,21,26)(H2,20,22,23). The summed E-state index contributed by atoms with van der Waals surface area (Å²) in [6.07, 6.45) is 5.46. The Balaban J connectivity index is 1.65. The lowest BCUT2D eigenvalue weighted by atomic mass is 10.1. The van der Waals surface area contributed by atoms with Crippen molar-refractivity contribution >= 4 is 11.9 Å². The third kappa shape index (κ3) is 7.83. The minimum Gasteiger partial charge on any atom is -0.357 e. The molecule has 140 valence electrons. The molecule has 0 aliphatic carbocycles. The molecule has 3 N–H and O–H groups in total. The number of nitrogens with zero attached hydrogens (tertiary/aromatic N) is 3. The number of aryl methyl sites for hydroxylation is 1. The van der Waals surface area contributed by atoms with Gasteiger partial charge >= 0.3 is 0 Å². The number of benzene rings is 1. The lowest BCUT2D eigenvalue weighted by Gasteiger charge is -2.11. The Morgan fingerprint density at radius 2 is 1.96 bits per heavy atom. The molecule has 2 rings (SSSR count). The normalized spacial score (nSPS) is 11.2. The number of aliphatic imine (C=N–C) groups is 1. The summed E-state index contributed by atoms with van der Waals surface area (Å²) in [6, 6.07) is 12.0. The molecule has 0 spiro atoms. The van der Waals surface area contributed by atoms with E-state index < -0.39 is 0 Å². The fourth-order valence-corrected chi connectivity index (χ4v) is 2.42. The number of hydrogen-bond donors (Lipinski definition) is 3. The van der Waals surface area contributed by atoms with E-state index in [-0.39, 0.29) is 12.5 Å². The van der Waals surface area contributed by atoms with Gasteiger partial charge in [0.2, 0.25) is 5.91 Å². The van der Waals surface area contributed by atoms with Crippen LogP contribution in [0.15, 0.2) is 53.8 Å². The highest BCUT2D eigenvalue weighted by Gasteiger charge is 2.02. The van der Waals surface area contributed by atoms with Crippen LogP contribution in [0.1, 0.15) is 18.9 Å². The van der Waals surface area contributed by atoms with Crippen molar-refractivity contribution in [3.05, 3.63) is 54.4 Å². The Kier molecular flexibility index (Phi) is 8.76. The Morgan fingerprint density at radius 1 is 1.12 bits per heavy atom. The molecule has 0 radical (unpaired) electrons. The zero-order chi connectivity index (χ0) is 18.5. The van der Waals surface area contributed by atoms with Crippen LogP contribution in [0.2, 0.25) is 0 Å². The monoisotopic (exact) mass is 356 g/mol. The summed E-state index contributed by atoms with van der Waals surface area (Å²) in [5.41, 5.74) is 1.21. The van der Waals surface area contributed by atoms with Gasteiger partial charge in [0.05, 0.1) is 0 Å². The summed E-state index contributed by atoms with van der Waals surface area (Å²) in [7, 11) is 0. The zero-order valence-corrected chi connectivity index (χ0v) is 15.3. The maximum Gasteiger partial charge on any atom is 0.241 e. The molecule has 7 heteroatoms. The molecule has 26 heavy (non-hydrogen) atoms. The second-order valence-corrected chi connectivity index (χ2v) is 5.83. The Labute approximate surface area is 154 Å². The largest absolute Gasteiger partial charge is 0.357 e. The maximum absolute atomic E-state index is 11.9. The van der Waals surface area contributed by atoms with E-state index in [0.717, 1.165) is 32.5 Å². The van der Waals surface area contributed by atoms with Gasteiger partial charge < -0.3 is 16.0 Å². The number of carbonyl (C=O) groups is 1. The highest BCUT2D eigenvalue weighted by Crippen LogP contribution is 1.98. The summed E-state index contributed by atoms with van der Waals surface area (Å²) in [4.78, 5) is 16.3. The summed E-state index contributed by atoms with van der Waals surface area (Å²) in [6.45, 7) is 5.09. The van der Waals surface area contributed by atoms with Crippen LogP contribution in [0.3, 0.4) is 0 Å². The first-order valence-corrected chi connectivity index (χ1v) is 9.08. The van der Waals surface area contributed by atoms with Gasteiger partial charge in [-0.1, -0.05) is 30.3 Å². The summed E-state index contributed by atoms with van der Waals surface area (Å²) in [5.74, 6) is 0.584. The van der Waals surface area contributed by atoms with Crippen LogP contribution >= 0.6 is 0 Å². The smallest absolute Gasteiger partial charge is 0.241 e. The number of amides is 1. The summed E-state index contributed by atoms with van der Waals surface area (Å²) in [5, 5.41) is 13.5. The predicted molar refractivity (Wildman–Crippen MR) is 104 cm³/mol. The molecule has 1 aromatic carbocycles. The molecule has 0 bridgehead atoms. The van der Waals surface area contributed by atoms with Crippen LogP contribution in [0, 0.1) is 0 Å². The van der Waals surface area contributed by atoms with Gasteiger partial charge in [-0.2, -0.15) is 5.10 Å². The van der Waals surface area contributed by atoms with Crippen molar-refractivity contribution in [1.29, 1.82) is 0 Å². The molecule has 2 aromatic rings. The number of aromatic nitrogens is 2. The van der Waals surface area contributed by atoms with Gasteiger partial charge in [-0.25, -0.2) is 4.99 Å². The molecular weight excluding hydrogens is 328 g/mol. The molecule has 0 fully saturated rings. The fraction of sp³-hybridized carbons (Fsp3) is 0.421. The average Bonchev–Trinajstić information content (AvgIpc) is 3.17. The molecule has 0 aliphatic heterocycles. The van der Waals surface area contributed by atoms with Crippen LogP contribution in [0.5, 0.6) is 0 Å². The van der Waals surface area contributed by atoms with Crippen LogP contribution in [-0.2, 0) is 17.8 Å². The molecule has 7 nitrogen and oxygen atoms in total. The fourth-order valence-electron chi connectivity index (χ4n) is 2.42. The van der Waals surface area contributed by atoms with E-state index in [4.69, 9.17) is 0 Å². The molecular formula is C19H28N6O. The van der Waals surface area contributed by atoms with Gasteiger partial charge in [-0.3, -0.25) is 9.48 Å². The number of rotatable bonds is 10. The summed E-state index contributed by atoms with van der Waals surface area (Å²) < 4.78 is 1.89. The lowest BCUT2D eigenvalue weighted by Crippen LogP contribution is -2.39. The van der Waals surface area contributed by atoms with Crippen LogP contribution in [-0.4, -0.2) is 47.8 Å². The van der Waals surface area contributed by atoms with E-state index in [1.54, 1.807) is 6.20 Å². The van der Waals surface area contributed by atoms with E-state index in [0.29, 0.717) is 12.5 Å². The van der Waals surface area contributed by atoms with Crippen molar-refractivity contribution in [1.82, 2.24) is 25.7 Å². The van der Waals surface area contributed by atoms with E-state index in [1.807, 2.05) is 42.1 Å². The van der Waals surface area contributed by atoms with E-state index >= 15 is 0 Å². The molecule has 0 aliphatic rings. The van der Waals surface area contributed by atoms with Gasteiger partial charge in [0.25, 0.3) is 0 Å². The molecule has 1 amide bonds. The minimum absolute atomic E-state index is 0.0744. The Hall–Kier alpha value is -2.83. The second-order valence-electron chi connectivity index (χ2n) is 5.83. The van der Waals surface area contributed by atoms with Crippen LogP contribution < -0.4 is 16.0 Å². The quantitative estimate of drug-likeness (QED) is 0.339. The van der Waals surface area contributed by atoms with Gasteiger partial charge in [0.15, 0.2) is 5.96 Å². The van der Waals surface area contributed by atoms with Crippen molar-refractivity contribution in [3.63, 3.8) is 0 Å². The lowest BCUT2D eigenvalue weighted by molar-refractivity contribution is -0.119. The van der Waals surface area contributed by atoms with Crippen LogP contribution in [0.4, 0.5) is 0 Å². The minimum atomic E-state index is -0.0744. The third-order valence-electron chi connectivity index (χ3n) is 3.72. The average molecular weight is 356 g/mol. The third-order valence-corrected chi connectivity index (χ3v) is 3.72. The molecule has 1 heterocycles. The predicted octanol–water partition coefficient (Wildman–Crippen LogP) is 1.19. The van der Waals surface area contributed by atoms with E-state index in [2.05, 4.69) is 38.2 Å². The Bertz CT molecular complexity index is 654. The SMILES string of the molecule is CCNC(=NCC(=O)NCCc1ccccc1)NCCCn1cccn1. The van der Waals surface area contributed by atoms with Crippen molar-refractivity contribution in [2.75, 3.05) is 26.2 Å². The van der Waals surface area contributed by atoms with Crippen molar-refractivity contribution < 1.29 is 4.79 Å². The van der Waals surface area contributed by atoms with Crippen molar-refractivity contribution in [2.24, 2.45) is 4.99 Å². The highest BCUT2D eigenvalue weighted by atomic mass is 16.1. The van der Waals surface area contributed by atoms with Gasteiger partial charge in [-0.05, 0) is 31.4 Å². The molecule has 0 saturated carbocycles. The molecule has 1 aromatic heterocycles. The van der Waals surface area contributed by atoms with Crippen molar-refractivity contribution in [2.45, 2.75) is 26.3 Å². The van der Waals surface area contributed by atoms with E-state index in [9.17, 15) is 4.79 Å². The van der Waals surface area contributed by atoms with Gasteiger partial charge in [0.1, 0.15) is 6.54 Å². The maximum atomic E-state index is 11.9. The number of nitrogens with one attached hydrogen (secondary N) is 3. The first kappa shape index (κ1) is 19.5. The molecule has 0 atom stereocenters. The van der Waals surface area contributed by atoms with Crippen LogP contribution in [0.25, 0.3) is 0 Å². The Morgan fingerprint density at radius 3 is 2.69 bits per heavy atom. The molecule has 0 saturated heterocycles.